The molecule has 1 N–H and O–H groups in total. The molecule has 0 atom stereocenters. The van der Waals surface area contributed by atoms with Gasteiger partial charge in [0.1, 0.15) is 5.75 Å². The third kappa shape index (κ3) is 6.09. The van der Waals surface area contributed by atoms with E-state index in [4.69, 9.17) is 4.74 Å². The zero-order valence-electron chi connectivity index (χ0n) is 15.0. The molecule has 0 unspecified atom stereocenters. The quantitative estimate of drug-likeness (QED) is 0.582. The summed E-state index contributed by atoms with van der Waals surface area (Å²) in [5.74, 6) is -1.43. The first kappa shape index (κ1) is 19.9. The Morgan fingerprint density at radius 3 is 2.48 bits per heavy atom. The summed E-state index contributed by atoms with van der Waals surface area (Å²) in [7, 11) is 0. The zero-order valence-corrected chi connectivity index (χ0v) is 15.0. The fourth-order valence-electron chi connectivity index (χ4n) is 2.36. The summed E-state index contributed by atoms with van der Waals surface area (Å²) in [6, 6.07) is 14.8. The Labute approximate surface area is 164 Å². The number of benzene rings is 2. The maximum Gasteiger partial charge on any atom is 0.387 e. The Balaban J connectivity index is 1.47. The highest BCUT2D eigenvalue weighted by Crippen LogP contribution is 2.17. The highest BCUT2D eigenvalue weighted by atomic mass is 19.3. The standard InChI is InChI=1S/C19H16F2N4O4/c20-19(21)29-15-8-6-14(7-9-15)22-17(26)12-28-18(27)16-11-25(24-23-16)10-13-4-2-1-3-5-13/h1-9,11,19H,10,12H2,(H,22,26). The number of anilines is 1. The van der Waals surface area contributed by atoms with E-state index in [1.165, 1.54) is 35.1 Å². The Bertz CT molecular complexity index is 962. The lowest BCUT2D eigenvalue weighted by molar-refractivity contribution is -0.119. The van der Waals surface area contributed by atoms with Gasteiger partial charge in [0.25, 0.3) is 5.91 Å². The molecule has 3 rings (SSSR count). The molecular weight excluding hydrogens is 386 g/mol. The van der Waals surface area contributed by atoms with Crippen LogP contribution in [0.15, 0.2) is 60.8 Å². The first-order chi connectivity index (χ1) is 14.0. The van der Waals surface area contributed by atoms with Gasteiger partial charge in [0, 0.05) is 5.69 Å². The first-order valence-electron chi connectivity index (χ1n) is 8.45. The van der Waals surface area contributed by atoms with Gasteiger partial charge in [-0.3, -0.25) is 4.79 Å². The minimum Gasteiger partial charge on any atom is -0.451 e. The van der Waals surface area contributed by atoms with Crippen LogP contribution in [0.1, 0.15) is 16.1 Å². The van der Waals surface area contributed by atoms with E-state index in [-0.39, 0.29) is 11.4 Å². The van der Waals surface area contributed by atoms with Gasteiger partial charge >= 0.3 is 12.6 Å². The van der Waals surface area contributed by atoms with E-state index in [0.717, 1.165) is 5.56 Å². The molecule has 10 heteroatoms. The van der Waals surface area contributed by atoms with Gasteiger partial charge in [0.2, 0.25) is 0 Å². The number of carbonyl (C=O) groups is 2. The maximum absolute atomic E-state index is 12.1. The molecule has 0 fully saturated rings. The monoisotopic (exact) mass is 402 g/mol. The van der Waals surface area contributed by atoms with Crippen molar-refractivity contribution in [2.24, 2.45) is 0 Å². The Hall–Kier alpha value is -3.82. The SMILES string of the molecule is O=C(COC(=O)c1cn(Cc2ccccc2)nn1)Nc1ccc(OC(F)F)cc1. The third-order valence-electron chi connectivity index (χ3n) is 3.63. The number of hydrogen-bond donors (Lipinski definition) is 1. The molecule has 0 aliphatic heterocycles. The van der Waals surface area contributed by atoms with Crippen LogP contribution in [0.4, 0.5) is 14.5 Å². The lowest BCUT2D eigenvalue weighted by Gasteiger charge is -2.07. The number of esters is 1. The molecule has 0 saturated heterocycles. The number of halogens is 2. The van der Waals surface area contributed by atoms with Crippen molar-refractivity contribution in [1.29, 1.82) is 0 Å². The number of alkyl halides is 2. The van der Waals surface area contributed by atoms with Crippen LogP contribution in [0.5, 0.6) is 5.75 Å². The molecule has 1 aromatic heterocycles. The molecule has 8 nitrogen and oxygen atoms in total. The number of nitrogens with one attached hydrogen (secondary N) is 1. The van der Waals surface area contributed by atoms with Crippen LogP contribution >= 0.6 is 0 Å². The van der Waals surface area contributed by atoms with Gasteiger partial charge in [-0.15, -0.1) is 5.10 Å². The largest absolute Gasteiger partial charge is 0.451 e. The second-order valence-corrected chi connectivity index (χ2v) is 5.81. The molecule has 0 spiro atoms. The van der Waals surface area contributed by atoms with E-state index < -0.39 is 25.1 Å². The summed E-state index contributed by atoms with van der Waals surface area (Å²) < 4.78 is 34.8. The van der Waals surface area contributed by atoms with Gasteiger partial charge in [-0.2, -0.15) is 8.78 Å². The van der Waals surface area contributed by atoms with Crippen LogP contribution in [0, 0.1) is 0 Å². The molecular formula is C19H16F2N4O4. The van der Waals surface area contributed by atoms with Crippen LogP contribution in [-0.2, 0) is 16.1 Å². The predicted molar refractivity (Wildman–Crippen MR) is 97.6 cm³/mol. The van der Waals surface area contributed by atoms with E-state index in [0.29, 0.717) is 12.2 Å². The molecule has 150 valence electrons. The highest BCUT2D eigenvalue weighted by Gasteiger charge is 2.15. The van der Waals surface area contributed by atoms with E-state index in [1.54, 1.807) is 0 Å². The zero-order chi connectivity index (χ0) is 20.6. The van der Waals surface area contributed by atoms with Crippen molar-refractivity contribution in [2.75, 3.05) is 11.9 Å². The third-order valence-corrected chi connectivity index (χ3v) is 3.63. The van der Waals surface area contributed by atoms with Crippen LogP contribution in [0.2, 0.25) is 0 Å². The molecule has 0 bridgehead atoms. The number of rotatable bonds is 8. The van der Waals surface area contributed by atoms with Crippen LogP contribution in [0.25, 0.3) is 0 Å². The van der Waals surface area contributed by atoms with E-state index in [2.05, 4.69) is 20.4 Å². The normalized spacial score (nSPS) is 10.6. The van der Waals surface area contributed by atoms with Crippen molar-refractivity contribution in [2.45, 2.75) is 13.2 Å². The number of carbonyl (C=O) groups excluding carboxylic acids is 2. The number of amides is 1. The molecule has 2 aromatic carbocycles. The maximum atomic E-state index is 12.1. The van der Waals surface area contributed by atoms with Crippen LogP contribution < -0.4 is 10.1 Å². The molecule has 0 aliphatic rings. The molecule has 3 aromatic rings. The molecule has 29 heavy (non-hydrogen) atoms. The average molecular weight is 402 g/mol. The molecule has 1 amide bonds. The van der Waals surface area contributed by atoms with Crippen molar-refractivity contribution in [1.82, 2.24) is 15.0 Å². The topological polar surface area (TPSA) is 95.3 Å². The van der Waals surface area contributed by atoms with Gasteiger partial charge in [0.05, 0.1) is 12.7 Å². The highest BCUT2D eigenvalue weighted by molar-refractivity contribution is 5.94. The lowest BCUT2D eigenvalue weighted by atomic mass is 10.2. The van der Waals surface area contributed by atoms with E-state index in [9.17, 15) is 18.4 Å². The smallest absolute Gasteiger partial charge is 0.387 e. The van der Waals surface area contributed by atoms with Crippen molar-refractivity contribution in [3.8, 4) is 5.75 Å². The van der Waals surface area contributed by atoms with E-state index in [1.807, 2.05) is 30.3 Å². The van der Waals surface area contributed by atoms with Crippen molar-refractivity contribution < 1.29 is 27.8 Å². The fraction of sp³-hybridized carbons (Fsp3) is 0.158. The fourth-order valence-corrected chi connectivity index (χ4v) is 2.36. The Kier molecular flexibility index (Phi) is 6.46. The summed E-state index contributed by atoms with van der Waals surface area (Å²) in [4.78, 5) is 23.9. The summed E-state index contributed by atoms with van der Waals surface area (Å²) in [6.07, 6.45) is 1.43. The second-order valence-electron chi connectivity index (χ2n) is 5.81. The lowest BCUT2D eigenvalue weighted by Crippen LogP contribution is -2.21. The van der Waals surface area contributed by atoms with E-state index >= 15 is 0 Å². The average Bonchev–Trinajstić information content (AvgIpc) is 3.16. The number of hydrogen-bond acceptors (Lipinski definition) is 6. The molecule has 0 saturated carbocycles. The number of nitrogens with zero attached hydrogens (tertiary/aromatic N) is 3. The molecule has 0 aliphatic carbocycles. The first-order valence-corrected chi connectivity index (χ1v) is 8.45. The Morgan fingerprint density at radius 1 is 1.07 bits per heavy atom. The number of ether oxygens (including phenoxy) is 2. The summed E-state index contributed by atoms with van der Waals surface area (Å²) in [5, 5.41) is 10.1. The second kappa shape index (κ2) is 9.40. The van der Waals surface area contributed by atoms with Crippen molar-refractivity contribution >= 4 is 17.6 Å². The predicted octanol–water partition coefficient (Wildman–Crippen LogP) is 2.72. The molecule has 1 heterocycles. The summed E-state index contributed by atoms with van der Waals surface area (Å²) in [6.45, 7) is -3.03. The minimum atomic E-state index is -2.93. The van der Waals surface area contributed by atoms with Crippen molar-refractivity contribution in [3.63, 3.8) is 0 Å². The van der Waals surface area contributed by atoms with Crippen molar-refractivity contribution in [3.05, 3.63) is 72.1 Å². The van der Waals surface area contributed by atoms with Gasteiger partial charge in [-0.25, -0.2) is 9.48 Å². The van der Waals surface area contributed by atoms with Crippen LogP contribution in [-0.4, -0.2) is 40.1 Å². The van der Waals surface area contributed by atoms with Gasteiger partial charge in [-0.1, -0.05) is 35.5 Å². The minimum absolute atomic E-state index is 0.0257. The van der Waals surface area contributed by atoms with Gasteiger partial charge in [0.15, 0.2) is 12.3 Å². The van der Waals surface area contributed by atoms with Gasteiger partial charge < -0.3 is 14.8 Å². The summed E-state index contributed by atoms with van der Waals surface area (Å²) >= 11 is 0. The van der Waals surface area contributed by atoms with Crippen LogP contribution in [0.3, 0.4) is 0 Å². The number of aromatic nitrogens is 3. The Morgan fingerprint density at radius 2 is 1.79 bits per heavy atom. The summed E-state index contributed by atoms with van der Waals surface area (Å²) in [5.41, 5.74) is 1.30. The molecule has 0 radical (unpaired) electrons. The van der Waals surface area contributed by atoms with Gasteiger partial charge in [-0.05, 0) is 29.8 Å².